The Morgan fingerprint density at radius 2 is 1.90 bits per heavy atom. The molecule has 3 aromatic carbocycles. The monoisotopic (exact) mass is 444 g/mol. The number of hydrogen-bond acceptors (Lipinski definition) is 5. The third-order valence-corrected chi connectivity index (χ3v) is 4.70. The maximum atomic E-state index is 12.1. The van der Waals surface area contributed by atoms with Gasteiger partial charge in [0.05, 0.1) is 18.9 Å². The molecule has 0 aromatic heterocycles. The van der Waals surface area contributed by atoms with E-state index in [9.17, 15) is 9.90 Å². The summed E-state index contributed by atoms with van der Waals surface area (Å²) in [5, 5.41) is 14.7. The number of ether oxygens (including phenoxy) is 2. The van der Waals surface area contributed by atoms with Crippen molar-refractivity contribution in [2.75, 3.05) is 7.11 Å². The quantitative estimate of drug-likeness (QED) is 0.394. The molecular weight excluding hydrogens is 427 g/mol. The van der Waals surface area contributed by atoms with Crippen molar-refractivity contribution in [1.29, 1.82) is 0 Å². The first-order valence-corrected chi connectivity index (χ1v) is 9.59. The van der Waals surface area contributed by atoms with Crippen LogP contribution in [0.3, 0.4) is 0 Å². The lowest BCUT2D eigenvalue weighted by molar-refractivity contribution is 0.0952. The van der Waals surface area contributed by atoms with Crippen molar-refractivity contribution >= 4 is 35.3 Å². The SMILES string of the molecule is COc1cc(/C=N\NC(=O)c2ccccc2O)ccc1OCc1ccc(Cl)cc1Cl. The van der Waals surface area contributed by atoms with E-state index >= 15 is 0 Å². The van der Waals surface area contributed by atoms with Crippen LogP contribution in [-0.2, 0) is 6.61 Å². The van der Waals surface area contributed by atoms with Gasteiger partial charge in [0.2, 0.25) is 0 Å². The second-order valence-corrected chi connectivity index (χ2v) is 6.99. The van der Waals surface area contributed by atoms with Gasteiger partial charge in [-0.1, -0.05) is 41.4 Å². The molecule has 0 unspecified atom stereocenters. The minimum atomic E-state index is -0.517. The van der Waals surface area contributed by atoms with Crippen LogP contribution in [0.1, 0.15) is 21.5 Å². The van der Waals surface area contributed by atoms with Gasteiger partial charge in [-0.2, -0.15) is 5.10 Å². The van der Waals surface area contributed by atoms with Gasteiger partial charge in [0, 0.05) is 15.6 Å². The van der Waals surface area contributed by atoms with Crippen LogP contribution in [0.25, 0.3) is 0 Å². The number of benzene rings is 3. The van der Waals surface area contributed by atoms with E-state index in [2.05, 4.69) is 10.5 Å². The zero-order valence-electron chi connectivity index (χ0n) is 15.9. The molecule has 0 heterocycles. The Morgan fingerprint density at radius 3 is 2.63 bits per heavy atom. The van der Waals surface area contributed by atoms with Gasteiger partial charge in [-0.05, 0) is 48.0 Å². The number of phenols is 1. The van der Waals surface area contributed by atoms with Crippen molar-refractivity contribution in [1.82, 2.24) is 5.43 Å². The van der Waals surface area contributed by atoms with Gasteiger partial charge in [0.15, 0.2) is 11.5 Å². The van der Waals surface area contributed by atoms with E-state index in [1.54, 1.807) is 48.5 Å². The number of hydrazone groups is 1. The number of rotatable bonds is 7. The van der Waals surface area contributed by atoms with E-state index in [4.69, 9.17) is 32.7 Å². The largest absolute Gasteiger partial charge is 0.507 e. The Kier molecular flexibility index (Phi) is 7.17. The van der Waals surface area contributed by atoms with E-state index < -0.39 is 5.91 Å². The standard InChI is InChI=1S/C22H18Cl2N2O4/c1-29-21-10-14(12-25-26-22(28)17-4-2-3-5-19(17)27)6-9-20(21)30-13-15-7-8-16(23)11-18(15)24/h2-12,27H,13H2,1H3,(H,26,28)/b25-12-. The van der Waals surface area contributed by atoms with Crippen LogP contribution in [-0.4, -0.2) is 24.3 Å². The minimum absolute atomic E-state index is 0.117. The van der Waals surface area contributed by atoms with E-state index in [0.717, 1.165) is 5.56 Å². The van der Waals surface area contributed by atoms with Gasteiger partial charge < -0.3 is 14.6 Å². The van der Waals surface area contributed by atoms with Crippen LogP contribution < -0.4 is 14.9 Å². The van der Waals surface area contributed by atoms with Crippen molar-refractivity contribution in [2.45, 2.75) is 6.61 Å². The zero-order valence-corrected chi connectivity index (χ0v) is 17.4. The summed E-state index contributed by atoms with van der Waals surface area (Å²) >= 11 is 12.1. The molecule has 3 aromatic rings. The Morgan fingerprint density at radius 1 is 1.10 bits per heavy atom. The molecule has 154 valence electrons. The van der Waals surface area contributed by atoms with E-state index in [1.165, 1.54) is 25.5 Å². The van der Waals surface area contributed by atoms with Gasteiger partial charge in [-0.25, -0.2) is 5.43 Å². The number of halogens is 2. The highest BCUT2D eigenvalue weighted by Gasteiger charge is 2.10. The van der Waals surface area contributed by atoms with Crippen molar-refractivity contribution in [3.8, 4) is 17.2 Å². The number of carbonyl (C=O) groups is 1. The predicted molar refractivity (Wildman–Crippen MR) is 117 cm³/mol. The molecule has 0 atom stereocenters. The highest BCUT2D eigenvalue weighted by atomic mass is 35.5. The van der Waals surface area contributed by atoms with E-state index in [1.807, 2.05) is 0 Å². The summed E-state index contributed by atoms with van der Waals surface area (Å²) in [7, 11) is 1.53. The fourth-order valence-electron chi connectivity index (χ4n) is 2.57. The molecule has 0 radical (unpaired) electrons. The molecule has 0 aliphatic carbocycles. The molecule has 0 aliphatic heterocycles. The molecule has 0 bridgehead atoms. The number of nitrogens with zero attached hydrogens (tertiary/aromatic N) is 1. The average molecular weight is 445 g/mol. The smallest absolute Gasteiger partial charge is 0.275 e. The second kappa shape index (κ2) is 10.0. The van der Waals surface area contributed by atoms with Gasteiger partial charge in [0.1, 0.15) is 12.4 Å². The van der Waals surface area contributed by atoms with Crippen LogP contribution in [0.2, 0.25) is 10.0 Å². The summed E-state index contributed by atoms with van der Waals surface area (Å²) in [5.74, 6) is 0.389. The van der Waals surface area contributed by atoms with Crippen LogP contribution in [0.15, 0.2) is 65.8 Å². The fraction of sp³-hybridized carbons (Fsp3) is 0.0909. The number of nitrogens with one attached hydrogen (secondary N) is 1. The molecule has 30 heavy (non-hydrogen) atoms. The maximum Gasteiger partial charge on any atom is 0.275 e. The van der Waals surface area contributed by atoms with Crippen LogP contribution in [0, 0.1) is 0 Å². The van der Waals surface area contributed by atoms with Crippen LogP contribution >= 0.6 is 23.2 Å². The summed E-state index contributed by atoms with van der Waals surface area (Å²) in [6, 6.07) is 16.6. The van der Waals surface area contributed by atoms with E-state index in [-0.39, 0.29) is 17.9 Å². The van der Waals surface area contributed by atoms with Crippen molar-refractivity contribution in [2.24, 2.45) is 5.10 Å². The molecule has 2 N–H and O–H groups in total. The highest BCUT2D eigenvalue weighted by molar-refractivity contribution is 6.35. The zero-order chi connectivity index (χ0) is 21.5. The predicted octanol–water partition coefficient (Wildman–Crippen LogP) is 5.05. The topological polar surface area (TPSA) is 80.2 Å². The second-order valence-electron chi connectivity index (χ2n) is 6.15. The first-order chi connectivity index (χ1) is 14.5. The summed E-state index contributed by atoms with van der Waals surface area (Å²) in [6.45, 7) is 0.246. The maximum absolute atomic E-state index is 12.1. The molecule has 6 nitrogen and oxygen atoms in total. The Hall–Kier alpha value is -3.22. The van der Waals surface area contributed by atoms with Gasteiger partial charge in [0.25, 0.3) is 5.91 Å². The molecule has 0 spiro atoms. The summed E-state index contributed by atoms with van der Waals surface area (Å²) in [6.07, 6.45) is 1.46. The number of amides is 1. The Bertz CT molecular complexity index is 1090. The molecular formula is C22H18Cl2N2O4. The lowest BCUT2D eigenvalue weighted by atomic mass is 10.2. The minimum Gasteiger partial charge on any atom is -0.507 e. The molecule has 0 saturated carbocycles. The summed E-state index contributed by atoms with van der Waals surface area (Å²) in [5.41, 5.74) is 3.98. The highest BCUT2D eigenvalue weighted by Crippen LogP contribution is 2.29. The summed E-state index contributed by atoms with van der Waals surface area (Å²) in [4.78, 5) is 12.1. The molecule has 3 rings (SSSR count). The molecule has 0 fully saturated rings. The van der Waals surface area contributed by atoms with Gasteiger partial charge in [-0.15, -0.1) is 0 Å². The van der Waals surface area contributed by atoms with Crippen molar-refractivity contribution in [3.63, 3.8) is 0 Å². The fourth-order valence-corrected chi connectivity index (χ4v) is 3.03. The number of para-hydroxylation sites is 1. The number of aromatic hydroxyl groups is 1. The number of methoxy groups -OCH3 is 1. The Labute approximate surface area is 183 Å². The van der Waals surface area contributed by atoms with Gasteiger partial charge >= 0.3 is 0 Å². The molecule has 0 aliphatic rings. The number of carbonyl (C=O) groups excluding carboxylic acids is 1. The third kappa shape index (κ3) is 5.43. The average Bonchev–Trinajstić information content (AvgIpc) is 2.73. The first-order valence-electron chi connectivity index (χ1n) is 8.84. The number of phenolic OH excluding ortho intramolecular Hbond substituents is 1. The van der Waals surface area contributed by atoms with Gasteiger partial charge in [-0.3, -0.25) is 4.79 Å². The number of hydrogen-bond donors (Lipinski definition) is 2. The molecule has 0 saturated heterocycles. The van der Waals surface area contributed by atoms with Crippen molar-refractivity contribution < 1.29 is 19.4 Å². The normalized spacial score (nSPS) is 10.8. The molecule has 1 amide bonds. The summed E-state index contributed by atoms with van der Waals surface area (Å²) < 4.78 is 11.2. The van der Waals surface area contributed by atoms with Crippen molar-refractivity contribution in [3.05, 3.63) is 87.4 Å². The Balaban J connectivity index is 1.65. The lowest BCUT2D eigenvalue weighted by Gasteiger charge is -2.12. The lowest BCUT2D eigenvalue weighted by Crippen LogP contribution is -2.17. The van der Waals surface area contributed by atoms with Crippen LogP contribution in [0.4, 0.5) is 0 Å². The molecule has 8 heteroatoms. The van der Waals surface area contributed by atoms with Crippen LogP contribution in [0.5, 0.6) is 17.2 Å². The van der Waals surface area contributed by atoms with E-state index in [0.29, 0.717) is 27.1 Å². The first kappa shape index (κ1) is 21.5. The third-order valence-electron chi connectivity index (χ3n) is 4.11.